The van der Waals surface area contributed by atoms with Gasteiger partial charge < -0.3 is 16.5 Å². The van der Waals surface area contributed by atoms with E-state index in [0.29, 0.717) is 12.5 Å². The maximum atomic E-state index is 10.9. The lowest BCUT2D eigenvalue weighted by molar-refractivity contribution is -0.117. The molecule has 2 aromatic rings. The zero-order valence-corrected chi connectivity index (χ0v) is 9.86. The molecule has 1 aromatic heterocycles. The summed E-state index contributed by atoms with van der Waals surface area (Å²) in [6, 6.07) is 5.90. The lowest BCUT2D eigenvalue weighted by Crippen LogP contribution is -2.13. The number of primary amides is 1. The Kier molecular flexibility index (Phi) is 3.15. The molecule has 0 spiro atoms. The highest BCUT2D eigenvalue weighted by Crippen LogP contribution is 2.25. The van der Waals surface area contributed by atoms with Gasteiger partial charge in [-0.3, -0.25) is 4.79 Å². The number of nitrogens with one attached hydrogen (secondary N) is 1. The Labute approximate surface area is 100.0 Å². The van der Waals surface area contributed by atoms with E-state index in [0.717, 1.165) is 16.5 Å². The molecule has 4 heteroatoms. The predicted octanol–water partition coefficient (Wildman–Crippen LogP) is 1.26. The van der Waals surface area contributed by atoms with Crippen molar-refractivity contribution in [2.24, 2.45) is 11.5 Å². The molecule has 0 aliphatic rings. The molecule has 17 heavy (non-hydrogen) atoms. The third kappa shape index (κ3) is 2.31. The van der Waals surface area contributed by atoms with Crippen LogP contribution in [0, 0.1) is 0 Å². The van der Waals surface area contributed by atoms with Crippen molar-refractivity contribution in [3.05, 3.63) is 35.5 Å². The van der Waals surface area contributed by atoms with Gasteiger partial charge in [0.15, 0.2) is 0 Å². The third-order valence-electron chi connectivity index (χ3n) is 3.04. The number of aromatic nitrogens is 1. The molecule has 0 aliphatic heterocycles. The standard InChI is InChI=1S/C13H17N3O/c1-8(6-14)11-7-16-12-3-2-9(4-10(11)12)5-13(15)17/h2-4,7-8,16H,5-6,14H2,1H3,(H2,15,17). The van der Waals surface area contributed by atoms with Crippen LogP contribution in [0.4, 0.5) is 0 Å². The number of carbonyl (C=O) groups is 1. The zero-order valence-electron chi connectivity index (χ0n) is 9.86. The highest BCUT2D eigenvalue weighted by Gasteiger charge is 2.10. The van der Waals surface area contributed by atoms with Gasteiger partial charge >= 0.3 is 0 Å². The number of benzene rings is 1. The molecular weight excluding hydrogens is 214 g/mol. The van der Waals surface area contributed by atoms with Gasteiger partial charge in [-0.15, -0.1) is 0 Å². The van der Waals surface area contributed by atoms with E-state index in [1.54, 1.807) is 0 Å². The summed E-state index contributed by atoms with van der Waals surface area (Å²) >= 11 is 0. The van der Waals surface area contributed by atoms with Gasteiger partial charge in [-0.05, 0) is 35.7 Å². The SMILES string of the molecule is CC(CN)c1c[nH]c2ccc(CC(N)=O)cc12. The number of hydrogen-bond acceptors (Lipinski definition) is 2. The number of H-pyrrole nitrogens is 1. The van der Waals surface area contributed by atoms with Crippen molar-refractivity contribution in [2.45, 2.75) is 19.3 Å². The molecule has 0 aliphatic carbocycles. The Balaban J connectivity index is 2.46. The fourth-order valence-electron chi connectivity index (χ4n) is 2.04. The molecule has 0 fully saturated rings. The molecule has 0 bridgehead atoms. The monoisotopic (exact) mass is 231 g/mol. The fraction of sp³-hybridized carbons (Fsp3) is 0.308. The van der Waals surface area contributed by atoms with Crippen molar-refractivity contribution in [3.63, 3.8) is 0 Å². The third-order valence-corrected chi connectivity index (χ3v) is 3.04. The van der Waals surface area contributed by atoms with E-state index in [2.05, 4.69) is 11.9 Å². The smallest absolute Gasteiger partial charge is 0.221 e. The predicted molar refractivity (Wildman–Crippen MR) is 68.7 cm³/mol. The maximum absolute atomic E-state index is 10.9. The van der Waals surface area contributed by atoms with Crippen LogP contribution in [0.5, 0.6) is 0 Å². The zero-order chi connectivity index (χ0) is 12.4. The first-order valence-corrected chi connectivity index (χ1v) is 5.70. The van der Waals surface area contributed by atoms with Crippen LogP contribution in [0.2, 0.25) is 0 Å². The van der Waals surface area contributed by atoms with E-state index in [-0.39, 0.29) is 12.3 Å². The highest BCUT2D eigenvalue weighted by molar-refractivity contribution is 5.86. The first-order chi connectivity index (χ1) is 8.11. The maximum Gasteiger partial charge on any atom is 0.221 e. The van der Waals surface area contributed by atoms with Gasteiger partial charge in [-0.25, -0.2) is 0 Å². The van der Waals surface area contributed by atoms with Gasteiger partial charge in [0.25, 0.3) is 0 Å². The van der Waals surface area contributed by atoms with Gasteiger partial charge in [0.05, 0.1) is 6.42 Å². The molecular formula is C13H17N3O. The molecule has 1 aromatic carbocycles. The average molecular weight is 231 g/mol. The Hall–Kier alpha value is -1.81. The molecule has 0 saturated heterocycles. The molecule has 0 radical (unpaired) electrons. The first-order valence-electron chi connectivity index (χ1n) is 5.70. The lowest BCUT2D eigenvalue weighted by Gasteiger charge is -2.07. The summed E-state index contributed by atoms with van der Waals surface area (Å²) in [4.78, 5) is 14.1. The minimum absolute atomic E-state index is 0.275. The highest BCUT2D eigenvalue weighted by atomic mass is 16.1. The van der Waals surface area contributed by atoms with Crippen molar-refractivity contribution < 1.29 is 4.79 Å². The topological polar surface area (TPSA) is 84.9 Å². The van der Waals surface area contributed by atoms with Crippen LogP contribution in [-0.4, -0.2) is 17.4 Å². The summed E-state index contributed by atoms with van der Waals surface area (Å²) in [5, 5.41) is 1.13. The van der Waals surface area contributed by atoms with Crippen LogP contribution < -0.4 is 11.5 Å². The Morgan fingerprint density at radius 1 is 1.47 bits per heavy atom. The number of hydrogen-bond donors (Lipinski definition) is 3. The van der Waals surface area contributed by atoms with Crippen molar-refractivity contribution in [1.29, 1.82) is 0 Å². The van der Waals surface area contributed by atoms with Gasteiger partial charge in [-0.2, -0.15) is 0 Å². The van der Waals surface area contributed by atoms with Gasteiger partial charge in [0.1, 0.15) is 0 Å². The van der Waals surface area contributed by atoms with Gasteiger partial charge in [0.2, 0.25) is 5.91 Å². The van der Waals surface area contributed by atoms with E-state index >= 15 is 0 Å². The fourth-order valence-corrected chi connectivity index (χ4v) is 2.04. The van der Waals surface area contributed by atoms with E-state index in [1.165, 1.54) is 5.56 Å². The van der Waals surface area contributed by atoms with Crippen molar-refractivity contribution in [2.75, 3.05) is 6.54 Å². The van der Waals surface area contributed by atoms with E-state index in [1.807, 2.05) is 24.4 Å². The molecule has 4 nitrogen and oxygen atoms in total. The lowest BCUT2D eigenvalue weighted by atomic mass is 9.99. The molecule has 90 valence electrons. The van der Waals surface area contributed by atoms with Crippen LogP contribution in [0.25, 0.3) is 10.9 Å². The second-order valence-electron chi connectivity index (χ2n) is 4.40. The average Bonchev–Trinajstić information content (AvgIpc) is 2.70. The Bertz CT molecular complexity index is 545. The summed E-state index contributed by atoms with van der Waals surface area (Å²) in [6.45, 7) is 2.69. The second kappa shape index (κ2) is 4.59. The second-order valence-corrected chi connectivity index (χ2v) is 4.40. The number of rotatable bonds is 4. The minimum atomic E-state index is -0.312. The summed E-state index contributed by atoms with van der Waals surface area (Å²) in [7, 11) is 0. The van der Waals surface area contributed by atoms with Crippen molar-refractivity contribution >= 4 is 16.8 Å². The van der Waals surface area contributed by atoms with E-state index in [4.69, 9.17) is 11.5 Å². The summed E-state index contributed by atoms with van der Waals surface area (Å²) < 4.78 is 0. The van der Waals surface area contributed by atoms with Gasteiger partial charge in [0, 0.05) is 17.1 Å². The number of amides is 1. The largest absolute Gasteiger partial charge is 0.369 e. The quantitative estimate of drug-likeness (QED) is 0.740. The molecule has 1 amide bonds. The summed E-state index contributed by atoms with van der Waals surface area (Å²) in [5.74, 6) is -0.0131. The van der Waals surface area contributed by atoms with Crippen LogP contribution in [0.1, 0.15) is 24.0 Å². The van der Waals surface area contributed by atoms with Gasteiger partial charge in [-0.1, -0.05) is 13.0 Å². The Morgan fingerprint density at radius 3 is 2.88 bits per heavy atom. The van der Waals surface area contributed by atoms with E-state index in [9.17, 15) is 4.79 Å². The molecule has 5 N–H and O–H groups in total. The van der Waals surface area contributed by atoms with Crippen molar-refractivity contribution in [1.82, 2.24) is 4.98 Å². The number of aromatic amines is 1. The molecule has 2 rings (SSSR count). The number of carbonyl (C=O) groups excluding carboxylic acids is 1. The molecule has 1 atom stereocenters. The number of nitrogens with two attached hydrogens (primary N) is 2. The first kappa shape index (κ1) is 11.7. The van der Waals surface area contributed by atoms with Crippen LogP contribution in [0.15, 0.2) is 24.4 Å². The van der Waals surface area contributed by atoms with Crippen molar-refractivity contribution in [3.8, 4) is 0 Å². The molecule has 1 unspecified atom stereocenters. The minimum Gasteiger partial charge on any atom is -0.369 e. The summed E-state index contributed by atoms with van der Waals surface area (Å²) in [6.07, 6.45) is 2.26. The summed E-state index contributed by atoms with van der Waals surface area (Å²) in [5.41, 5.74) is 14.1. The molecule has 0 saturated carbocycles. The Morgan fingerprint density at radius 2 is 2.24 bits per heavy atom. The normalized spacial score (nSPS) is 12.8. The molecule has 1 heterocycles. The van der Waals surface area contributed by atoms with Crippen LogP contribution >= 0.6 is 0 Å². The van der Waals surface area contributed by atoms with Crippen LogP contribution in [0.3, 0.4) is 0 Å². The van der Waals surface area contributed by atoms with E-state index < -0.39 is 0 Å². The van der Waals surface area contributed by atoms with Crippen LogP contribution in [-0.2, 0) is 11.2 Å². The number of fused-ring (bicyclic) bond motifs is 1.